The Morgan fingerprint density at radius 1 is 1.13 bits per heavy atom. The fourth-order valence-electron chi connectivity index (χ4n) is 4.72. The summed E-state index contributed by atoms with van der Waals surface area (Å²) < 4.78 is 7.50. The monoisotopic (exact) mass is 481 g/mol. The molecule has 2 fully saturated rings. The number of pyridine rings is 1. The third kappa shape index (κ3) is 3.56. The topological polar surface area (TPSA) is 41.3 Å². The fourth-order valence-corrected chi connectivity index (χ4v) is 5.80. The van der Waals surface area contributed by atoms with Crippen LogP contribution in [0.15, 0.2) is 63.6 Å². The molecule has 0 spiro atoms. The number of benzene rings is 1. The van der Waals surface area contributed by atoms with E-state index in [1.807, 2.05) is 18.3 Å². The molecular formula is C24H24BrN3OS. The maximum absolute atomic E-state index is 6.47. The zero-order valence-electron chi connectivity index (χ0n) is 16.8. The van der Waals surface area contributed by atoms with Crippen LogP contribution < -0.4 is 5.32 Å². The Bertz CT molecular complexity index is 1060. The lowest BCUT2D eigenvalue weighted by Gasteiger charge is -2.31. The number of thiocarbonyl (C=S) groups is 1. The number of hydrogen-bond donors (Lipinski definition) is 1. The van der Waals surface area contributed by atoms with E-state index >= 15 is 0 Å². The molecule has 1 aliphatic carbocycles. The Labute approximate surface area is 190 Å². The Morgan fingerprint density at radius 3 is 2.70 bits per heavy atom. The SMILES string of the molecule is Cc1ccc(-c2ccc([C@H]3[C@H](c4ccccn4)NC(=S)N3C3CCCC3)o2)c(Br)c1. The highest BCUT2D eigenvalue weighted by molar-refractivity contribution is 9.10. The van der Waals surface area contributed by atoms with E-state index < -0.39 is 0 Å². The van der Waals surface area contributed by atoms with Crippen molar-refractivity contribution in [2.75, 3.05) is 0 Å². The molecule has 5 rings (SSSR count). The van der Waals surface area contributed by atoms with Gasteiger partial charge in [-0.25, -0.2) is 0 Å². The molecule has 1 N–H and O–H groups in total. The molecule has 2 aliphatic rings. The van der Waals surface area contributed by atoms with Gasteiger partial charge in [0.1, 0.15) is 17.6 Å². The van der Waals surface area contributed by atoms with Crippen LogP contribution in [-0.4, -0.2) is 21.0 Å². The first kappa shape index (κ1) is 19.8. The molecule has 6 heteroatoms. The number of halogens is 1. The van der Waals surface area contributed by atoms with Crippen molar-refractivity contribution in [3.63, 3.8) is 0 Å². The van der Waals surface area contributed by atoms with Gasteiger partial charge in [0.05, 0.1) is 11.7 Å². The number of furan rings is 1. The third-order valence-corrected chi connectivity index (χ3v) is 7.15. The van der Waals surface area contributed by atoms with E-state index in [0.29, 0.717) is 6.04 Å². The first-order valence-corrected chi connectivity index (χ1v) is 11.7. The maximum Gasteiger partial charge on any atom is 0.170 e. The summed E-state index contributed by atoms with van der Waals surface area (Å²) in [6.07, 6.45) is 6.69. The molecule has 4 nitrogen and oxygen atoms in total. The Kier molecular flexibility index (Phi) is 5.37. The lowest BCUT2D eigenvalue weighted by atomic mass is 10.0. The van der Waals surface area contributed by atoms with E-state index in [2.05, 4.69) is 74.5 Å². The van der Waals surface area contributed by atoms with Crippen LogP contribution >= 0.6 is 28.1 Å². The Balaban J connectivity index is 1.55. The molecule has 30 heavy (non-hydrogen) atoms. The summed E-state index contributed by atoms with van der Waals surface area (Å²) in [6, 6.07) is 16.9. The van der Waals surface area contributed by atoms with Crippen LogP contribution in [0.5, 0.6) is 0 Å². The van der Waals surface area contributed by atoms with Crippen LogP contribution in [-0.2, 0) is 0 Å². The Morgan fingerprint density at radius 2 is 1.97 bits per heavy atom. The number of nitrogens with one attached hydrogen (secondary N) is 1. The van der Waals surface area contributed by atoms with Crippen molar-refractivity contribution in [3.05, 3.63) is 76.2 Å². The second-order valence-corrected chi connectivity index (χ2v) is 9.40. The number of hydrogen-bond acceptors (Lipinski definition) is 3. The number of aromatic nitrogens is 1. The van der Waals surface area contributed by atoms with Crippen molar-refractivity contribution >= 4 is 33.3 Å². The lowest BCUT2D eigenvalue weighted by molar-refractivity contribution is 0.218. The van der Waals surface area contributed by atoms with Gasteiger partial charge in [-0.2, -0.15) is 0 Å². The van der Waals surface area contributed by atoms with Crippen molar-refractivity contribution in [3.8, 4) is 11.3 Å². The molecular weight excluding hydrogens is 458 g/mol. The summed E-state index contributed by atoms with van der Waals surface area (Å²) in [5.41, 5.74) is 3.26. The maximum atomic E-state index is 6.47. The molecule has 1 saturated heterocycles. The van der Waals surface area contributed by atoms with Crippen molar-refractivity contribution in [2.45, 2.75) is 50.7 Å². The third-order valence-electron chi connectivity index (χ3n) is 6.16. The summed E-state index contributed by atoms with van der Waals surface area (Å²) >= 11 is 9.49. The first-order valence-electron chi connectivity index (χ1n) is 10.5. The Hall–Kier alpha value is -2.18. The lowest BCUT2D eigenvalue weighted by Crippen LogP contribution is -2.37. The van der Waals surface area contributed by atoms with Crippen LogP contribution in [0.2, 0.25) is 0 Å². The molecule has 3 aromatic rings. The minimum absolute atomic E-state index is 0.00604. The minimum Gasteiger partial charge on any atom is -0.459 e. The molecule has 2 atom stereocenters. The van der Waals surface area contributed by atoms with Gasteiger partial charge < -0.3 is 14.6 Å². The van der Waals surface area contributed by atoms with E-state index in [-0.39, 0.29) is 12.1 Å². The van der Waals surface area contributed by atoms with Gasteiger partial charge in [-0.3, -0.25) is 4.98 Å². The first-order chi connectivity index (χ1) is 14.6. The van der Waals surface area contributed by atoms with E-state index in [1.54, 1.807) is 0 Å². The predicted octanol–water partition coefficient (Wildman–Crippen LogP) is 6.33. The average molecular weight is 482 g/mol. The van der Waals surface area contributed by atoms with Crippen molar-refractivity contribution in [2.24, 2.45) is 0 Å². The van der Waals surface area contributed by atoms with Gasteiger partial charge in [0.15, 0.2) is 5.11 Å². The average Bonchev–Trinajstić information content (AvgIpc) is 3.48. The molecule has 0 amide bonds. The van der Waals surface area contributed by atoms with Gasteiger partial charge in [0, 0.05) is 22.3 Å². The molecule has 0 unspecified atom stereocenters. The summed E-state index contributed by atoms with van der Waals surface area (Å²) in [6.45, 7) is 2.09. The summed E-state index contributed by atoms with van der Waals surface area (Å²) in [5.74, 6) is 1.79. The van der Waals surface area contributed by atoms with Crippen LogP contribution in [0.4, 0.5) is 0 Å². The zero-order valence-corrected chi connectivity index (χ0v) is 19.2. The number of aryl methyl sites for hydroxylation is 1. The highest BCUT2D eigenvalue weighted by Crippen LogP contribution is 2.44. The molecule has 154 valence electrons. The van der Waals surface area contributed by atoms with E-state index in [1.165, 1.54) is 31.2 Å². The molecule has 0 bridgehead atoms. The second-order valence-electron chi connectivity index (χ2n) is 8.16. The minimum atomic E-state index is -0.0280. The van der Waals surface area contributed by atoms with Crippen LogP contribution in [0, 0.1) is 6.92 Å². The van der Waals surface area contributed by atoms with Gasteiger partial charge in [-0.05, 0) is 73.9 Å². The van der Waals surface area contributed by atoms with E-state index in [4.69, 9.17) is 16.6 Å². The van der Waals surface area contributed by atoms with E-state index in [0.717, 1.165) is 32.4 Å². The number of rotatable bonds is 4. The van der Waals surface area contributed by atoms with Crippen molar-refractivity contribution < 1.29 is 4.42 Å². The normalized spacial score (nSPS) is 21.9. The summed E-state index contributed by atoms with van der Waals surface area (Å²) in [5, 5.41) is 4.34. The molecule has 3 heterocycles. The zero-order chi connectivity index (χ0) is 20.7. The van der Waals surface area contributed by atoms with E-state index in [9.17, 15) is 0 Å². The quantitative estimate of drug-likeness (QED) is 0.441. The fraction of sp³-hybridized carbons (Fsp3) is 0.333. The highest BCUT2D eigenvalue weighted by atomic mass is 79.9. The largest absolute Gasteiger partial charge is 0.459 e. The van der Waals surface area contributed by atoms with Gasteiger partial charge in [-0.1, -0.05) is 40.9 Å². The highest BCUT2D eigenvalue weighted by Gasteiger charge is 2.45. The predicted molar refractivity (Wildman–Crippen MR) is 126 cm³/mol. The second kappa shape index (κ2) is 8.16. The summed E-state index contributed by atoms with van der Waals surface area (Å²) in [4.78, 5) is 6.99. The van der Waals surface area contributed by atoms with Gasteiger partial charge in [0.2, 0.25) is 0 Å². The molecule has 1 aromatic carbocycles. The smallest absolute Gasteiger partial charge is 0.170 e. The molecule has 0 radical (unpaired) electrons. The molecule has 1 saturated carbocycles. The van der Waals surface area contributed by atoms with Gasteiger partial charge in [0.25, 0.3) is 0 Å². The summed E-state index contributed by atoms with van der Waals surface area (Å²) in [7, 11) is 0. The van der Waals surface area contributed by atoms with Crippen molar-refractivity contribution in [1.29, 1.82) is 0 Å². The molecule has 2 aromatic heterocycles. The van der Waals surface area contributed by atoms with Crippen LogP contribution in [0.25, 0.3) is 11.3 Å². The van der Waals surface area contributed by atoms with Gasteiger partial charge >= 0.3 is 0 Å². The van der Waals surface area contributed by atoms with Crippen LogP contribution in [0.1, 0.15) is 54.8 Å². The van der Waals surface area contributed by atoms with Crippen LogP contribution in [0.3, 0.4) is 0 Å². The molecule has 1 aliphatic heterocycles. The number of nitrogens with zero attached hydrogens (tertiary/aromatic N) is 2. The van der Waals surface area contributed by atoms with Crippen molar-refractivity contribution in [1.82, 2.24) is 15.2 Å². The van der Waals surface area contributed by atoms with Gasteiger partial charge in [-0.15, -0.1) is 0 Å². The standard InChI is InChI=1S/C24H24BrN3OS/c1-15-9-10-17(18(25)14-15)20-11-12-21(29-20)23-22(19-8-4-5-13-26-19)27-24(30)28(23)16-6-2-3-7-16/h4-5,8-14,16,22-23H,2-3,6-7H2,1H3,(H,27,30)/t22-,23-/m0/s1.